The predicted molar refractivity (Wildman–Crippen MR) is 325 cm³/mol. The first-order valence-corrected chi connectivity index (χ1v) is 30.9. The number of hydrogen-bond donors (Lipinski definition) is 17. The van der Waals surface area contributed by atoms with E-state index in [0.29, 0.717) is 32.1 Å². The average molecular weight is 1290 g/mol. The lowest BCUT2D eigenvalue weighted by atomic mass is 9.96. The Morgan fingerprint density at radius 3 is 1.39 bits per heavy atom. The molecule has 498 valence electrons. The highest BCUT2D eigenvalue weighted by molar-refractivity contribution is 7.80. The standard InChI is InChI=1S/C55H94N14O17S2/c1-11-25(4)39(64-44(74)29(8)58-46(76)32(56)23-87)50(80)59-30(9)45(75)67-42(31(10)71)52(82)60-28(7)43(73)62-34(22-70)47(77)66-41(27(6)13-3)54(84)69-21-15-17-37(69)53(83)68-20-14-16-36(68)49(79)65-40(26(5)12-2)51(81)63-35(24-88)48(78)61-33(55(85)86)18-19-38(57)72/h25-37,39-42,70-71,87-88H,11-24,56H2,1-10H3,(H2,57,72)(H,58,76)(H,59,80)(H,60,82)(H,61,78)(H,62,73)(H,63,81)(H,64,74)(H,65,79)(H,66,77)(H,67,75)(H,85,86)/t25-,26-,27-,28-,29-,30-,31+,32-,33-,34-,35-,36-,37-,39-,40-,41-,42-/m0/s1. The van der Waals surface area contributed by atoms with Crippen LogP contribution in [0.25, 0.3) is 0 Å². The molecule has 2 heterocycles. The molecule has 0 unspecified atom stereocenters. The van der Waals surface area contributed by atoms with Gasteiger partial charge >= 0.3 is 5.97 Å². The van der Waals surface area contributed by atoms with E-state index in [0.717, 1.165) is 0 Å². The molecule has 2 aliphatic heterocycles. The Hall–Kier alpha value is -6.84. The third-order valence-corrected chi connectivity index (χ3v) is 16.6. The first-order chi connectivity index (χ1) is 41.2. The van der Waals surface area contributed by atoms with E-state index in [4.69, 9.17) is 11.5 Å². The number of amides is 13. The summed E-state index contributed by atoms with van der Waals surface area (Å²) in [6.45, 7) is 14.6. The average Bonchev–Trinajstić information content (AvgIpc) is 3.38. The molecule has 33 heteroatoms. The lowest BCUT2D eigenvalue weighted by Gasteiger charge is -2.35. The second-order valence-corrected chi connectivity index (χ2v) is 23.3. The number of nitrogens with zero attached hydrogens (tertiary/aromatic N) is 2. The summed E-state index contributed by atoms with van der Waals surface area (Å²) in [5.74, 6) is -13.8. The third-order valence-electron chi connectivity index (χ3n) is 15.8. The molecule has 88 heavy (non-hydrogen) atoms. The van der Waals surface area contributed by atoms with Gasteiger partial charge in [-0.25, -0.2) is 4.79 Å². The Kier molecular flexibility index (Phi) is 32.7. The zero-order valence-corrected chi connectivity index (χ0v) is 53.5. The summed E-state index contributed by atoms with van der Waals surface area (Å²) in [7, 11) is 0. The van der Waals surface area contributed by atoms with Crippen LogP contribution < -0.4 is 64.6 Å². The number of nitrogens with two attached hydrogens (primary N) is 2. The SMILES string of the molecule is CC[C@H](C)[C@H](NC(=O)[C@H](C)NC(=O)[C@@H](N)CS)C(=O)N[C@@H](C)C(=O)N[C@H](C(=O)N[C@@H](C)C(=O)N[C@@H](CO)C(=O)N[C@H](C(=O)N1CCC[C@H]1C(=O)N1CCC[C@H]1C(=O)N[C@H](C(=O)N[C@@H](CS)C(=O)N[C@@H](CCC(N)=O)C(=O)O)[C@@H](C)CC)[C@@H](C)CC)[C@@H](C)O. The van der Waals surface area contributed by atoms with Gasteiger partial charge in [-0.15, -0.1) is 0 Å². The van der Waals surface area contributed by atoms with Crippen molar-refractivity contribution in [2.75, 3.05) is 31.2 Å². The number of carboxylic acids is 1. The van der Waals surface area contributed by atoms with Crippen LogP contribution in [0.5, 0.6) is 0 Å². The number of carbonyl (C=O) groups excluding carboxylic acids is 13. The lowest BCUT2D eigenvalue weighted by molar-refractivity contribution is -0.149. The Morgan fingerprint density at radius 1 is 0.500 bits per heavy atom. The molecule has 0 aromatic carbocycles. The van der Waals surface area contributed by atoms with Crippen LogP contribution in [-0.2, 0) is 67.1 Å². The lowest BCUT2D eigenvalue weighted by Crippen LogP contribution is -2.62. The fraction of sp³-hybridized carbons (Fsp3) is 0.745. The number of carboxylic acid groups (broad SMARTS) is 1. The molecule has 2 rings (SSSR count). The number of aliphatic hydroxyl groups excluding tert-OH is 2. The van der Waals surface area contributed by atoms with Crippen LogP contribution in [-0.4, -0.2) is 224 Å². The van der Waals surface area contributed by atoms with E-state index in [1.54, 1.807) is 41.5 Å². The van der Waals surface area contributed by atoms with Gasteiger partial charge in [0.2, 0.25) is 76.8 Å². The van der Waals surface area contributed by atoms with E-state index in [9.17, 15) is 82.4 Å². The van der Waals surface area contributed by atoms with E-state index in [2.05, 4.69) is 78.4 Å². The maximum atomic E-state index is 14.5. The second kappa shape index (κ2) is 37.2. The number of carbonyl (C=O) groups is 14. The Morgan fingerprint density at radius 2 is 0.909 bits per heavy atom. The summed E-state index contributed by atoms with van der Waals surface area (Å²) >= 11 is 8.13. The van der Waals surface area contributed by atoms with Gasteiger partial charge in [0.25, 0.3) is 0 Å². The molecular formula is C55H94N14O17S2. The summed E-state index contributed by atoms with van der Waals surface area (Å²) in [5.41, 5.74) is 10.8. The van der Waals surface area contributed by atoms with E-state index in [1.165, 1.54) is 37.5 Å². The maximum Gasteiger partial charge on any atom is 0.326 e. The minimum atomic E-state index is -1.71. The van der Waals surface area contributed by atoms with Gasteiger partial charge in [0.1, 0.15) is 72.5 Å². The van der Waals surface area contributed by atoms with Gasteiger partial charge < -0.3 is 89.8 Å². The van der Waals surface area contributed by atoms with Crippen molar-refractivity contribution in [3.63, 3.8) is 0 Å². The molecule has 0 saturated carbocycles. The summed E-state index contributed by atoms with van der Waals surface area (Å²) in [6, 6.07) is -17.1. The topological polar surface area (TPSA) is 478 Å². The summed E-state index contributed by atoms with van der Waals surface area (Å²) in [5, 5.41) is 55.1. The molecule has 0 aliphatic carbocycles. The van der Waals surface area contributed by atoms with Gasteiger partial charge in [0.05, 0.1) is 18.8 Å². The van der Waals surface area contributed by atoms with Crippen molar-refractivity contribution in [1.82, 2.24) is 63.0 Å². The Labute approximate surface area is 523 Å². The van der Waals surface area contributed by atoms with Gasteiger partial charge in [-0.05, 0) is 77.6 Å². The number of thiol groups is 2. The van der Waals surface area contributed by atoms with Gasteiger partial charge in [-0.3, -0.25) is 62.3 Å². The highest BCUT2D eigenvalue weighted by Gasteiger charge is 2.46. The zero-order valence-electron chi connectivity index (χ0n) is 51.7. The molecule has 2 aliphatic rings. The van der Waals surface area contributed by atoms with Crippen molar-refractivity contribution in [2.24, 2.45) is 29.2 Å². The molecule has 0 spiro atoms. The fourth-order valence-electron chi connectivity index (χ4n) is 9.48. The zero-order chi connectivity index (χ0) is 67.0. The molecule has 31 nitrogen and oxygen atoms in total. The number of aliphatic carboxylic acids is 1. The van der Waals surface area contributed by atoms with E-state index in [-0.39, 0.29) is 50.3 Å². The van der Waals surface area contributed by atoms with Gasteiger partial charge in [0, 0.05) is 31.0 Å². The van der Waals surface area contributed by atoms with Crippen LogP contribution in [0.1, 0.15) is 127 Å². The smallest absolute Gasteiger partial charge is 0.326 e. The molecule has 0 radical (unpaired) electrons. The highest BCUT2D eigenvalue weighted by atomic mass is 32.1. The molecule has 2 fully saturated rings. The molecular weight excluding hydrogens is 1190 g/mol. The van der Waals surface area contributed by atoms with E-state index >= 15 is 0 Å². The van der Waals surface area contributed by atoms with Crippen LogP contribution in [0.4, 0.5) is 0 Å². The quantitative estimate of drug-likeness (QED) is 0.0261. The minimum absolute atomic E-state index is 0.0162. The first kappa shape index (κ1) is 77.3. The van der Waals surface area contributed by atoms with Crippen molar-refractivity contribution in [1.29, 1.82) is 0 Å². The van der Waals surface area contributed by atoms with Crippen molar-refractivity contribution >= 4 is 108 Å². The van der Waals surface area contributed by atoms with Crippen LogP contribution in [0, 0.1) is 17.8 Å². The normalized spacial score (nSPS) is 19.9. The molecule has 17 N–H and O–H groups in total. The minimum Gasteiger partial charge on any atom is -0.480 e. The van der Waals surface area contributed by atoms with Crippen LogP contribution in [0.15, 0.2) is 0 Å². The monoisotopic (exact) mass is 1290 g/mol. The molecule has 0 aromatic heterocycles. The van der Waals surface area contributed by atoms with Crippen LogP contribution >= 0.6 is 25.3 Å². The van der Waals surface area contributed by atoms with Gasteiger partial charge in [-0.2, -0.15) is 25.3 Å². The van der Waals surface area contributed by atoms with Crippen molar-refractivity contribution < 1.29 is 82.4 Å². The Bertz CT molecular complexity index is 2500. The summed E-state index contributed by atoms with van der Waals surface area (Å²) in [4.78, 5) is 189. The van der Waals surface area contributed by atoms with Crippen molar-refractivity contribution in [2.45, 2.75) is 212 Å². The number of likely N-dealkylation sites (tertiary alicyclic amines) is 2. The van der Waals surface area contributed by atoms with E-state index < -0.39 is 192 Å². The van der Waals surface area contributed by atoms with Gasteiger partial charge in [-0.1, -0.05) is 60.8 Å². The van der Waals surface area contributed by atoms with Crippen LogP contribution in [0.2, 0.25) is 0 Å². The van der Waals surface area contributed by atoms with Crippen molar-refractivity contribution in [3.05, 3.63) is 0 Å². The number of nitrogens with one attached hydrogen (secondary N) is 10. The van der Waals surface area contributed by atoms with E-state index in [1.807, 2.05) is 0 Å². The highest BCUT2D eigenvalue weighted by Crippen LogP contribution is 2.27. The summed E-state index contributed by atoms with van der Waals surface area (Å²) < 4.78 is 0. The second-order valence-electron chi connectivity index (χ2n) is 22.6. The maximum absolute atomic E-state index is 14.5. The Balaban J connectivity index is 2.18. The molecule has 0 aromatic rings. The number of hydrogen-bond acceptors (Lipinski definition) is 19. The number of primary amides is 1. The largest absolute Gasteiger partial charge is 0.480 e. The first-order valence-electron chi connectivity index (χ1n) is 29.7. The molecule has 13 amide bonds. The van der Waals surface area contributed by atoms with Gasteiger partial charge in [0.15, 0.2) is 0 Å². The summed E-state index contributed by atoms with van der Waals surface area (Å²) in [6.07, 6.45) is 0.0389. The number of rotatable bonds is 36. The fourth-order valence-corrected chi connectivity index (χ4v) is 9.90. The number of aliphatic hydroxyl groups is 2. The predicted octanol–water partition coefficient (Wildman–Crippen LogP) is -5.08. The van der Waals surface area contributed by atoms with Crippen LogP contribution in [0.3, 0.4) is 0 Å². The third kappa shape index (κ3) is 22.6. The molecule has 2 saturated heterocycles. The molecule has 0 bridgehead atoms. The molecule has 17 atom stereocenters. The van der Waals surface area contributed by atoms with Crippen molar-refractivity contribution in [3.8, 4) is 0 Å².